The number of hydrogen-bond acceptors (Lipinski definition) is 6. The zero-order valence-corrected chi connectivity index (χ0v) is 13.9. The van der Waals surface area contributed by atoms with Crippen molar-refractivity contribution in [2.45, 2.75) is 43.7 Å². The highest BCUT2D eigenvalue weighted by Gasteiger charge is 2.32. The molecule has 2 fully saturated rings. The van der Waals surface area contributed by atoms with Gasteiger partial charge in [0.15, 0.2) is 0 Å². The monoisotopic (exact) mass is 337 g/mol. The molecule has 6 heteroatoms. The van der Waals surface area contributed by atoms with Crippen LogP contribution in [0.1, 0.15) is 18.4 Å². The van der Waals surface area contributed by atoms with Crippen molar-refractivity contribution in [1.82, 2.24) is 4.90 Å². The molecule has 1 aromatic carbocycles. The zero-order valence-electron chi connectivity index (χ0n) is 13.9. The number of rotatable bonds is 5. The number of aliphatic hydroxyl groups is 3. The average molecular weight is 337 g/mol. The molecule has 2 aliphatic rings. The maximum Gasteiger partial charge on any atom is 0.119 e. The van der Waals surface area contributed by atoms with E-state index in [0.29, 0.717) is 13.1 Å². The summed E-state index contributed by atoms with van der Waals surface area (Å²) in [5.41, 5.74) is 1.18. The lowest BCUT2D eigenvalue weighted by Crippen LogP contribution is -2.55. The summed E-state index contributed by atoms with van der Waals surface area (Å²) in [6.07, 6.45) is 0.135. The summed E-state index contributed by atoms with van der Waals surface area (Å²) in [5.74, 6) is 0.887. The molecule has 0 radical (unpaired) electrons. The summed E-state index contributed by atoms with van der Waals surface area (Å²) in [4.78, 5) is 1.98. The van der Waals surface area contributed by atoms with Crippen molar-refractivity contribution in [2.75, 3.05) is 32.8 Å². The molecule has 0 aromatic heterocycles. The van der Waals surface area contributed by atoms with Crippen LogP contribution >= 0.6 is 0 Å². The van der Waals surface area contributed by atoms with E-state index in [2.05, 4.69) is 12.1 Å². The van der Waals surface area contributed by atoms with Crippen molar-refractivity contribution < 1.29 is 24.8 Å². The molecule has 3 rings (SSSR count). The fourth-order valence-electron chi connectivity index (χ4n) is 3.27. The van der Waals surface area contributed by atoms with E-state index in [4.69, 9.17) is 9.47 Å². The lowest BCUT2D eigenvalue weighted by atomic mass is 10.0. The van der Waals surface area contributed by atoms with Crippen molar-refractivity contribution >= 4 is 0 Å². The van der Waals surface area contributed by atoms with Crippen LogP contribution in [-0.4, -0.2) is 77.5 Å². The molecule has 6 nitrogen and oxygen atoms in total. The van der Waals surface area contributed by atoms with Crippen molar-refractivity contribution in [2.24, 2.45) is 0 Å². The second-order valence-corrected chi connectivity index (χ2v) is 6.71. The second-order valence-electron chi connectivity index (χ2n) is 6.71. The van der Waals surface area contributed by atoms with Gasteiger partial charge < -0.3 is 24.8 Å². The third kappa shape index (κ3) is 4.68. The van der Waals surface area contributed by atoms with E-state index >= 15 is 0 Å². The molecule has 0 saturated carbocycles. The van der Waals surface area contributed by atoms with Gasteiger partial charge in [-0.1, -0.05) is 12.1 Å². The number of aliphatic hydroxyl groups excluding tert-OH is 3. The van der Waals surface area contributed by atoms with Crippen LogP contribution in [0.15, 0.2) is 24.3 Å². The second kappa shape index (κ2) is 8.27. The van der Waals surface area contributed by atoms with Gasteiger partial charge >= 0.3 is 0 Å². The van der Waals surface area contributed by atoms with Gasteiger partial charge in [0.1, 0.15) is 18.0 Å². The fourth-order valence-corrected chi connectivity index (χ4v) is 3.27. The van der Waals surface area contributed by atoms with Crippen molar-refractivity contribution in [3.05, 3.63) is 29.8 Å². The minimum atomic E-state index is -1.04. The number of β-amino-alcohol motifs (C(OH)–C–C–N with tert-alkyl or cyclic N) is 2. The molecule has 1 unspecified atom stereocenters. The molecular weight excluding hydrogens is 310 g/mol. The number of ether oxygens (including phenoxy) is 2. The predicted molar refractivity (Wildman–Crippen MR) is 89.1 cm³/mol. The Hall–Kier alpha value is -1.18. The summed E-state index contributed by atoms with van der Waals surface area (Å²) in [6, 6.07) is 8.10. The highest BCUT2D eigenvalue weighted by molar-refractivity contribution is 5.27. The maximum atomic E-state index is 9.73. The highest BCUT2D eigenvalue weighted by atomic mass is 16.5. The SMILES string of the molecule is OC1[C@H](O)CN(CCc2ccc(OC3CCOCC3)cc2)C[C@@H]1O. The third-order valence-electron chi connectivity index (χ3n) is 4.79. The first-order valence-corrected chi connectivity index (χ1v) is 8.72. The molecule has 2 saturated heterocycles. The summed E-state index contributed by atoms with van der Waals surface area (Å²) in [7, 11) is 0. The Balaban J connectivity index is 1.46. The molecule has 134 valence electrons. The van der Waals surface area contributed by atoms with Gasteiger partial charge in [0.2, 0.25) is 0 Å². The Morgan fingerprint density at radius 2 is 1.62 bits per heavy atom. The molecule has 0 bridgehead atoms. The van der Waals surface area contributed by atoms with E-state index in [1.807, 2.05) is 17.0 Å². The number of hydrogen-bond donors (Lipinski definition) is 3. The number of piperidine rings is 1. The van der Waals surface area contributed by atoms with E-state index in [-0.39, 0.29) is 6.10 Å². The summed E-state index contributed by atoms with van der Waals surface area (Å²) in [5, 5.41) is 29.0. The first-order valence-electron chi connectivity index (χ1n) is 8.72. The van der Waals surface area contributed by atoms with Crippen molar-refractivity contribution in [1.29, 1.82) is 0 Å². The average Bonchev–Trinajstić information content (AvgIpc) is 2.60. The van der Waals surface area contributed by atoms with Crippen LogP contribution in [-0.2, 0) is 11.2 Å². The Bertz CT molecular complexity index is 491. The minimum Gasteiger partial charge on any atom is -0.490 e. The molecule has 3 atom stereocenters. The van der Waals surface area contributed by atoms with Gasteiger partial charge in [-0.3, -0.25) is 4.90 Å². The Morgan fingerprint density at radius 1 is 1.00 bits per heavy atom. The molecule has 3 N–H and O–H groups in total. The van der Waals surface area contributed by atoms with Gasteiger partial charge in [-0.25, -0.2) is 0 Å². The van der Waals surface area contributed by atoms with Gasteiger partial charge in [-0.15, -0.1) is 0 Å². The van der Waals surface area contributed by atoms with Crippen LogP contribution < -0.4 is 4.74 Å². The first kappa shape index (κ1) is 17.6. The van der Waals surface area contributed by atoms with E-state index in [9.17, 15) is 15.3 Å². The molecule has 24 heavy (non-hydrogen) atoms. The smallest absolute Gasteiger partial charge is 0.119 e. The fraction of sp³-hybridized carbons (Fsp3) is 0.667. The van der Waals surface area contributed by atoms with E-state index < -0.39 is 18.3 Å². The van der Waals surface area contributed by atoms with Gasteiger partial charge in [-0.05, 0) is 24.1 Å². The van der Waals surface area contributed by atoms with Crippen LogP contribution in [0.4, 0.5) is 0 Å². The zero-order chi connectivity index (χ0) is 16.9. The first-order chi connectivity index (χ1) is 11.6. The topological polar surface area (TPSA) is 82.4 Å². The number of benzene rings is 1. The van der Waals surface area contributed by atoms with Crippen molar-refractivity contribution in [3.63, 3.8) is 0 Å². The molecule has 1 aromatic rings. The normalized spacial score (nSPS) is 29.5. The maximum absolute atomic E-state index is 9.73. The van der Waals surface area contributed by atoms with Crippen LogP contribution in [0.25, 0.3) is 0 Å². The third-order valence-corrected chi connectivity index (χ3v) is 4.79. The highest BCUT2D eigenvalue weighted by Crippen LogP contribution is 2.19. The minimum absolute atomic E-state index is 0.243. The Labute approximate surface area is 142 Å². The lowest BCUT2D eigenvalue weighted by molar-refractivity contribution is -0.109. The molecule has 2 heterocycles. The van der Waals surface area contributed by atoms with E-state index in [1.54, 1.807) is 0 Å². The summed E-state index contributed by atoms with van der Waals surface area (Å²) >= 11 is 0. The van der Waals surface area contributed by atoms with Gasteiger partial charge in [0, 0.05) is 32.5 Å². The van der Waals surface area contributed by atoms with Gasteiger partial charge in [-0.2, -0.15) is 0 Å². The van der Waals surface area contributed by atoms with E-state index in [0.717, 1.165) is 44.8 Å². The Morgan fingerprint density at radius 3 is 2.25 bits per heavy atom. The van der Waals surface area contributed by atoms with Crippen LogP contribution in [0.2, 0.25) is 0 Å². The van der Waals surface area contributed by atoms with Crippen LogP contribution in [0, 0.1) is 0 Å². The quantitative estimate of drug-likeness (QED) is 0.711. The molecule has 2 aliphatic heterocycles. The van der Waals surface area contributed by atoms with Crippen LogP contribution in [0.3, 0.4) is 0 Å². The summed E-state index contributed by atoms with van der Waals surface area (Å²) in [6.45, 7) is 3.06. The Kier molecular flexibility index (Phi) is 6.08. The van der Waals surface area contributed by atoms with Gasteiger partial charge in [0.05, 0.1) is 25.4 Å². The molecular formula is C18H27NO5. The van der Waals surface area contributed by atoms with Crippen molar-refractivity contribution in [3.8, 4) is 5.75 Å². The van der Waals surface area contributed by atoms with E-state index in [1.165, 1.54) is 5.56 Å². The molecule has 0 spiro atoms. The summed E-state index contributed by atoms with van der Waals surface area (Å²) < 4.78 is 11.3. The van der Waals surface area contributed by atoms with Crippen LogP contribution in [0.5, 0.6) is 5.75 Å². The molecule has 0 aliphatic carbocycles. The molecule has 0 amide bonds. The standard InChI is InChI=1S/C18H27NO5/c20-16-11-19(12-17(21)18(16)22)8-5-13-1-3-14(4-2-13)24-15-6-9-23-10-7-15/h1-4,15-18,20-22H,5-12H2/t16-,17+,18?. The largest absolute Gasteiger partial charge is 0.490 e. The van der Waals surface area contributed by atoms with Gasteiger partial charge in [0.25, 0.3) is 0 Å². The number of nitrogens with zero attached hydrogens (tertiary/aromatic N) is 1. The number of likely N-dealkylation sites (tertiary alicyclic amines) is 1. The predicted octanol–water partition coefficient (Wildman–Crippen LogP) is 0.185. The lowest BCUT2D eigenvalue weighted by Gasteiger charge is -2.36.